The number of anilines is 1. The van der Waals surface area contributed by atoms with Gasteiger partial charge in [-0.25, -0.2) is 15.0 Å². The molecule has 1 aliphatic carbocycles. The van der Waals surface area contributed by atoms with Crippen molar-refractivity contribution in [2.75, 3.05) is 19.0 Å². The number of hydrogen-bond donors (Lipinski definition) is 4. The van der Waals surface area contributed by atoms with Crippen LogP contribution in [0.1, 0.15) is 43.0 Å². The fourth-order valence-corrected chi connectivity index (χ4v) is 4.83. The molecule has 10 heteroatoms. The molecule has 0 saturated heterocycles. The summed E-state index contributed by atoms with van der Waals surface area (Å²) in [6, 6.07) is 9.39. The largest absolute Gasteiger partial charge is 0.480 e. The lowest BCUT2D eigenvalue weighted by Crippen LogP contribution is -2.37. The quantitative estimate of drug-likeness (QED) is 0.401. The van der Waals surface area contributed by atoms with Crippen LogP contribution in [0.4, 0.5) is 5.82 Å². The molecule has 5 rings (SSSR count). The van der Waals surface area contributed by atoms with Crippen molar-refractivity contribution in [1.82, 2.24) is 20.3 Å². The van der Waals surface area contributed by atoms with E-state index in [0.29, 0.717) is 40.6 Å². The third-order valence-electron chi connectivity index (χ3n) is 6.79. The Morgan fingerprint density at radius 2 is 2.00 bits per heavy atom. The molecule has 2 atom stereocenters. The van der Waals surface area contributed by atoms with Gasteiger partial charge in [-0.15, -0.1) is 0 Å². The fourth-order valence-electron chi connectivity index (χ4n) is 4.83. The number of ether oxygens (including phenoxy) is 2. The minimum atomic E-state index is -1.06. The van der Waals surface area contributed by atoms with Crippen molar-refractivity contribution in [2.45, 2.75) is 50.5 Å². The number of aliphatic hydroxyl groups is 2. The number of para-hydroxylation sites is 1. The van der Waals surface area contributed by atoms with E-state index in [1.165, 1.54) is 13.3 Å². The molecular weight excluding hydrogens is 450 g/mol. The number of nitrogens with one attached hydrogen (secondary N) is 2. The lowest BCUT2D eigenvalue weighted by Gasteiger charge is -2.34. The summed E-state index contributed by atoms with van der Waals surface area (Å²) in [4.78, 5) is 24.8. The van der Waals surface area contributed by atoms with Crippen LogP contribution in [0.15, 0.2) is 36.5 Å². The van der Waals surface area contributed by atoms with Crippen molar-refractivity contribution < 1.29 is 24.5 Å². The van der Waals surface area contributed by atoms with E-state index < -0.39 is 12.2 Å². The van der Waals surface area contributed by atoms with Gasteiger partial charge in [-0.05, 0) is 49.8 Å². The van der Waals surface area contributed by atoms with E-state index in [0.717, 1.165) is 31.4 Å². The molecule has 184 valence electrons. The summed E-state index contributed by atoms with van der Waals surface area (Å²) >= 11 is 0. The third-order valence-corrected chi connectivity index (χ3v) is 6.79. The van der Waals surface area contributed by atoms with E-state index in [1.54, 1.807) is 6.07 Å². The Bertz CT molecular complexity index is 1210. The highest BCUT2D eigenvalue weighted by atomic mass is 16.5. The van der Waals surface area contributed by atoms with Gasteiger partial charge in [0.25, 0.3) is 5.91 Å². The zero-order valence-corrected chi connectivity index (χ0v) is 19.5. The average molecular weight is 480 g/mol. The molecule has 3 heterocycles. The second kappa shape index (κ2) is 10.1. The maximum absolute atomic E-state index is 11.5. The first-order valence-corrected chi connectivity index (χ1v) is 11.8. The summed E-state index contributed by atoms with van der Waals surface area (Å²) in [6.45, 7) is 0.582. The maximum atomic E-state index is 11.5. The van der Waals surface area contributed by atoms with Crippen LogP contribution in [0.5, 0.6) is 11.6 Å². The number of pyridine rings is 1. The number of nitrogens with zero attached hydrogens (tertiary/aromatic N) is 3. The molecule has 1 aromatic carbocycles. The molecule has 0 spiro atoms. The molecule has 3 aromatic rings. The molecule has 4 N–H and O–H groups in total. The number of benzene rings is 1. The number of fused-ring (bicyclic) bond motifs is 2. The smallest absolute Gasteiger partial charge is 0.263 e. The lowest BCUT2D eigenvalue weighted by atomic mass is 9.80. The molecule has 1 amide bonds. The molecule has 0 radical (unpaired) electrons. The molecule has 1 aliphatic heterocycles. The van der Waals surface area contributed by atoms with Gasteiger partial charge in [0.2, 0.25) is 5.88 Å². The Balaban J connectivity index is 1.17. The summed E-state index contributed by atoms with van der Waals surface area (Å²) in [7, 11) is 1.52. The van der Waals surface area contributed by atoms with Gasteiger partial charge < -0.3 is 30.3 Å². The van der Waals surface area contributed by atoms with E-state index >= 15 is 0 Å². The van der Waals surface area contributed by atoms with Gasteiger partial charge in [-0.1, -0.05) is 12.1 Å². The SMILES string of the molecule is COc1cnc2cccc([C@@H](O)[C@H](O)C3CCC(NCc4ccc5c(n4)NC(=O)CO5)CC3)c2n1. The highest BCUT2D eigenvalue weighted by Crippen LogP contribution is 2.35. The van der Waals surface area contributed by atoms with Crippen molar-refractivity contribution in [3.8, 4) is 11.6 Å². The van der Waals surface area contributed by atoms with Crippen LogP contribution >= 0.6 is 0 Å². The predicted molar refractivity (Wildman–Crippen MR) is 128 cm³/mol. The number of amides is 1. The third kappa shape index (κ3) is 5.04. The van der Waals surface area contributed by atoms with Crippen LogP contribution in [0.3, 0.4) is 0 Å². The second-order valence-electron chi connectivity index (χ2n) is 9.04. The molecule has 35 heavy (non-hydrogen) atoms. The average Bonchev–Trinajstić information content (AvgIpc) is 2.90. The Morgan fingerprint density at radius 1 is 1.17 bits per heavy atom. The first kappa shape index (κ1) is 23.4. The normalized spacial score (nSPS) is 21.5. The summed E-state index contributed by atoms with van der Waals surface area (Å²) < 4.78 is 10.5. The summed E-state index contributed by atoms with van der Waals surface area (Å²) in [5, 5.41) is 28.3. The van der Waals surface area contributed by atoms with E-state index in [-0.39, 0.29) is 24.5 Å². The summed E-state index contributed by atoms with van der Waals surface area (Å²) in [6.07, 6.45) is 2.90. The molecule has 10 nitrogen and oxygen atoms in total. The van der Waals surface area contributed by atoms with Crippen LogP contribution in [0.25, 0.3) is 11.0 Å². The maximum Gasteiger partial charge on any atom is 0.263 e. The Morgan fingerprint density at radius 3 is 2.80 bits per heavy atom. The monoisotopic (exact) mass is 479 g/mol. The number of rotatable bonds is 7. The first-order chi connectivity index (χ1) is 17.0. The van der Waals surface area contributed by atoms with Gasteiger partial charge >= 0.3 is 0 Å². The van der Waals surface area contributed by atoms with Crippen molar-refractivity contribution in [3.63, 3.8) is 0 Å². The van der Waals surface area contributed by atoms with Gasteiger partial charge in [0.15, 0.2) is 18.2 Å². The lowest BCUT2D eigenvalue weighted by molar-refractivity contribution is -0.118. The topological polar surface area (TPSA) is 139 Å². The second-order valence-corrected chi connectivity index (χ2v) is 9.04. The van der Waals surface area contributed by atoms with Crippen LogP contribution < -0.4 is 20.1 Å². The molecule has 0 unspecified atom stereocenters. The molecule has 1 saturated carbocycles. The summed E-state index contributed by atoms with van der Waals surface area (Å²) in [5.74, 6) is 1.17. The van der Waals surface area contributed by atoms with E-state index in [1.807, 2.05) is 24.3 Å². The number of aromatic nitrogens is 3. The Labute approximate surface area is 202 Å². The number of methoxy groups -OCH3 is 1. The van der Waals surface area contributed by atoms with Crippen molar-refractivity contribution >= 4 is 22.8 Å². The van der Waals surface area contributed by atoms with Gasteiger partial charge in [0.05, 0.1) is 36.1 Å². The van der Waals surface area contributed by atoms with E-state index in [4.69, 9.17) is 9.47 Å². The molecule has 2 aliphatic rings. The van der Waals surface area contributed by atoms with Crippen LogP contribution in [0.2, 0.25) is 0 Å². The summed E-state index contributed by atoms with van der Waals surface area (Å²) in [5.41, 5.74) is 2.55. The molecule has 1 fully saturated rings. The minimum absolute atomic E-state index is 0.0121. The van der Waals surface area contributed by atoms with Gasteiger partial charge in [0, 0.05) is 18.2 Å². The highest BCUT2D eigenvalue weighted by molar-refractivity contribution is 5.94. The van der Waals surface area contributed by atoms with Gasteiger partial charge in [-0.3, -0.25) is 4.79 Å². The van der Waals surface area contributed by atoms with Gasteiger partial charge in [-0.2, -0.15) is 0 Å². The van der Waals surface area contributed by atoms with E-state index in [9.17, 15) is 15.0 Å². The molecular formula is C25H29N5O5. The van der Waals surface area contributed by atoms with Crippen molar-refractivity contribution in [3.05, 3.63) is 47.8 Å². The Hall–Kier alpha value is -3.34. The zero-order valence-electron chi connectivity index (χ0n) is 19.5. The number of hydrogen-bond acceptors (Lipinski definition) is 9. The number of carbonyl (C=O) groups is 1. The standard InChI is InChI=1S/C25H29N5O5/c1-34-21-12-27-18-4-2-3-17(22(18)30-21)24(33)23(32)14-5-7-15(8-6-14)26-11-16-9-10-19-25(28-16)29-20(31)13-35-19/h2-4,9-10,12,14-15,23-24,26,32-33H,5-8,11,13H2,1H3,(H,28,29,31)/t14?,15?,23-,24-/m1/s1. The van der Waals surface area contributed by atoms with Crippen LogP contribution in [-0.2, 0) is 11.3 Å². The van der Waals surface area contributed by atoms with Crippen LogP contribution in [-0.4, -0.2) is 56.9 Å². The minimum Gasteiger partial charge on any atom is -0.480 e. The molecule has 0 bridgehead atoms. The first-order valence-electron chi connectivity index (χ1n) is 11.8. The van der Waals surface area contributed by atoms with E-state index in [2.05, 4.69) is 25.6 Å². The van der Waals surface area contributed by atoms with Gasteiger partial charge in [0.1, 0.15) is 6.10 Å². The highest BCUT2D eigenvalue weighted by Gasteiger charge is 2.32. The number of aliphatic hydroxyl groups excluding tert-OH is 2. The fraction of sp³-hybridized carbons (Fsp3) is 0.440. The zero-order chi connectivity index (χ0) is 24.4. The van der Waals surface area contributed by atoms with Crippen molar-refractivity contribution in [1.29, 1.82) is 0 Å². The number of carbonyl (C=O) groups excluding carboxylic acids is 1. The van der Waals surface area contributed by atoms with Crippen molar-refractivity contribution in [2.24, 2.45) is 5.92 Å². The predicted octanol–water partition coefficient (Wildman–Crippen LogP) is 2.11. The molecule has 2 aromatic heterocycles. The Kier molecular flexibility index (Phi) is 6.76. The van der Waals surface area contributed by atoms with Crippen LogP contribution in [0, 0.1) is 5.92 Å².